The topological polar surface area (TPSA) is 32.3 Å². The Bertz CT molecular complexity index is 399. The van der Waals surface area contributed by atoms with Crippen molar-refractivity contribution >= 4 is 18.3 Å². The lowest BCUT2D eigenvalue weighted by Gasteiger charge is -2.27. The molecule has 0 aromatic heterocycles. The number of unbranched alkanes of at least 4 members (excludes halogenated alkanes) is 1. The second-order valence-corrected chi connectivity index (χ2v) is 5.32. The van der Waals surface area contributed by atoms with Gasteiger partial charge in [-0.1, -0.05) is 29.8 Å². The van der Waals surface area contributed by atoms with Gasteiger partial charge in [-0.2, -0.15) is 0 Å². The van der Waals surface area contributed by atoms with Crippen molar-refractivity contribution in [2.45, 2.75) is 32.6 Å². The Morgan fingerprint density at radius 2 is 1.80 bits per heavy atom. The first-order chi connectivity index (χ1) is 9.25. The average Bonchev–Trinajstić information content (AvgIpc) is 2.46. The number of hydrogen-bond donors (Lipinski definition) is 1. The van der Waals surface area contributed by atoms with Crippen molar-refractivity contribution in [3.05, 3.63) is 35.4 Å². The molecule has 0 radical (unpaired) electrons. The van der Waals surface area contributed by atoms with Crippen molar-refractivity contribution in [3.63, 3.8) is 0 Å². The number of hydrogen-bond acceptors (Lipinski definition) is 2. The van der Waals surface area contributed by atoms with Gasteiger partial charge >= 0.3 is 0 Å². The van der Waals surface area contributed by atoms with E-state index in [-0.39, 0.29) is 12.4 Å². The average molecular weight is 297 g/mol. The van der Waals surface area contributed by atoms with Gasteiger partial charge in [0.1, 0.15) is 0 Å². The molecule has 112 valence electrons. The zero-order chi connectivity index (χ0) is 13.5. The lowest BCUT2D eigenvalue weighted by atomic mass is 10.1. The van der Waals surface area contributed by atoms with Crippen molar-refractivity contribution in [2.75, 3.05) is 26.2 Å². The van der Waals surface area contributed by atoms with E-state index in [0.29, 0.717) is 12.3 Å². The summed E-state index contributed by atoms with van der Waals surface area (Å²) in [5, 5.41) is 3.27. The molecule has 1 aliphatic rings. The third-order valence-corrected chi connectivity index (χ3v) is 3.70. The largest absolute Gasteiger partial charge is 0.340 e. The highest BCUT2D eigenvalue weighted by Gasteiger charge is 2.15. The summed E-state index contributed by atoms with van der Waals surface area (Å²) < 4.78 is 0. The minimum atomic E-state index is 0. The maximum atomic E-state index is 12.0. The van der Waals surface area contributed by atoms with Crippen LogP contribution in [-0.4, -0.2) is 37.0 Å². The molecule has 1 N–H and O–H groups in total. The van der Waals surface area contributed by atoms with Gasteiger partial charge in [-0.25, -0.2) is 0 Å². The first-order valence-corrected chi connectivity index (χ1v) is 7.30. The van der Waals surface area contributed by atoms with Crippen LogP contribution in [0.4, 0.5) is 0 Å². The predicted octanol–water partition coefficient (Wildman–Crippen LogP) is 2.56. The summed E-state index contributed by atoms with van der Waals surface area (Å²) >= 11 is 0. The molecule has 1 aromatic rings. The van der Waals surface area contributed by atoms with Crippen molar-refractivity contribution in [3.8, 4) is 0 Å². The summed E-state index contributed by atoms with van der Waals surface area (Å²) in [6.45, 7) is 5.73. The Morgan fingerprint density at radius 3 is 2.45 bits per heavy atom. The smallest absolute Gasteiger partial charge is 0.222 e. The molecule has 20 heavy (non-hydrogen) atoms. The van der Waals surface area contributed by atoms with Crippen LogP contribution >= 0.6 is 12.4 Å². The van der Waals surface area contributed by atoms with Crippen LogP contribution in [0.3, 0.4) is 0 Å². The molecule has 1 fully saturated rings. The zero-order valence-electron chi connectivity index (χ0n) is 12.2. The number of carbonyl (C=O) groups excluding carboxylic acids is 1. The molecule has 1 amide bonds. The van der Waals surface area contributed by atoms with Crippen molar-refractivity contribution < 1.29 is 4.79 Å². The van der Waals surface area contributed by atoms with Crippen LogP contribution in [0.25, 0.3) is 0 Å². The summed E-state index contributed by atoms with van der Waals surface area (Å²) in [5.41, 5.74) is 2.68. The summed E-state index contributed by atoms with van der Waals surface area (Å²) in [5.74, 6) is 0.324. The second-order valence-electron chi connectivity index (χ2n) is 5.32. The minimum absolute atomic E-state index is 0. The van der Waals surface area contributed by atoms with E-state index in [2.05, 4.69) is 36.5 Å². The number of aryl methyl sites for hydroxylation is 2. The molecule has 1 heterocycles. The van der Waals surface area contributed by atoms with E-state index in [1.807, 2.05) is 4.90 Å². The fourth-order valence-electron chi connectivity index (χ4n) is 2.43. The third kappa shape index (κ3) is 5.51. The summed E-state index contributed by atoms with van der Waals surface area (Å²) in [7, 11) is 0. The number of benzene rings is 1. The molecule has 1 saturated heterocycles. The van der Waals surface area contributed by atoms with E-state index >= 15 is 0 Å². The lowest BCUT2D eigenvalue weighted by Crippen LogP contribution is -2.46. The Labute approximate surface area is 128 Å². The molecular formula is C16H25ClN2O. The molecule has 0 atom stereocenters. The number of rotatable bonds is 5. The highest BCUT2D eigenvalue weighted by atomic mass is 35.5. The van der Waals surface area contributed by atoms with Gasteiger partial charge in [-0.05, 0) is 31.7 Å². The quantitative estimate of drug-likeness (QED) is 0.847. The van der Waals surface area contributed by atoms with E-state index in [1.54, 1.807) is 0 Å². The number of nitrogens with zero attached hydrogens (tertiary/aromatic N) is 1. The minimum Gasteiger partial charge on any atom is -0.340 e. The fraction of sp³-hybridized carbons (Fsp3) is 0.562. The van der Waals surface area contributed by atoms with Gasteiger partial charge in [0, 0.05) is 32.6 Å². The Morgan fingerprint density at radius 1 is 1.15 bits per heavy atom. The molecule has 1 aromatic carbocycles. The number of halogens is 1. The first-order valence-electron chi connectivity index (χ1n) is 7.30. The Balaban J connectivity index is 0.00000200. The third-order valence-electron chi connectivity index (χ3n) is 3.70. The predicted molar refractivity (Wildman–Crippen MR) is 85.4 cm³/mol. The number of amides is 1. The molecular weight excluding hydrogens is 272 g/mol. The molecule has 0 bridgehead atoms. The van der Waals surface area contributed by atoms with E-state index < -0.39 is 0 Å². The number of nitrogens with one attached hydrogen (secondary N) is 1. The number of carbonyl (C=O) groups is 1. The SMILES string of the molecule is Cc1ccc(CCCCC(=O)N2CCNCC2)cc1.Cl. The molecule has 0 aliphatic carbocycles. The molecule has 1 aliphatic heterocycles. The van der Waals surface area contributed by atoms with Gasteiger partial charge in [0.25, 0.3) is 0 Å². The molecule has 0 unspecified atom stereocenters. The number of piperazine rings is 1. The highest BCUT2D eigenvalue weighted by Crippen LogP contribution is 2.09. The summed E-state index contributed by atoms with van der Waals surface area (Å²) in [4.78, 5) is 13.9. The van der Waals surface area contributed by atoms with E-state index in [0.717, 1.165) is 45.4 Å². The monoisotopic (exact) mass is 296 g/mol. The van der Waals surface area contributed by atoms with Crippen LogP contribution in [0.5, 0.6) is 0 Å². The van der Waals surface area contributed by atoms with Crippen LogP contribution in [0.1, 0.15) is 30.4 Å². The van der Waals surface area contributed by atoms with E-state index in [4.69, 9.17) is 0 Å². The fourth-order valence-corrected chi connectivity index (χ4v) is 2.43. The van der Waals surface area contributed by atoms with E-state index in [9.17, 15) is 4.79 Å². The second kappa shape index (κ2) is 8.98. The maximum Gasteiger partial charge on any atom is 0.222 e. The van der Waals surface area contributed by atoms with Gasteiger partial charge < -0.3 is 10.2 Å². The van der Waals surface area contributed by atoms with Gasteiger partial charge in [0.15, 0.2) is 0 Å². The van der Waals surface area contributed by atoms with Crippen LogP contribution in [-0.2, 0) is 11.2 Å². The zero-order valence-corrected chi connectivity index (χ0v) is 13.0. The van der Waals surface area contributed by atoms with Crippen LogP contribution in [0, 0.1) is 6.92 Å². The van der Waals surface area contributed by atoms with Crippen LogP contribution in [0.2, 0.25) is 0 Å². The highest BCUT2D eigenvalue weighted by molar-refractivity contribution is 5.85. The molecule has 0 spiro atoms. The van der Waals surface area contributed by atoms with Gasteiger partial charge in [-0.15, -0.1) is 12.4 Å². The summed E-state index contributed by atoms with van der Waals surface area (Å²) in [6.07, 6.45) is 3.87. The lowest BCUT2D eigenvalue weighted by molar-refractivity contribution is -0.131. The molecule has 0 saturated carbocycles. The Kier molecular flexibility index (Phi) is 7.63. The molecule has 2 rings (SSSR count). The summed E-state index contributed by atoms with van der Waals surface area (Å²) in [6, 6.07) is 8.68. The van der Waals surface area contributed by atoms with Crippen molar-refractivity contribution in [2.24, 2.45) is 0 Å². The van der Waals surface area contributed by atoms with E-state index in [1.165, 1.54) is 11.1 Å². The molecule has 4 heteroatoms. The standard InChI is InChI=1S/C16H24N2O.ClH/c1-14-6-8-15(9-7-14)4-2-3-5-16(19)18-12-10-17-11-13-18;/h6-9,17H,2-5,10-13H2,1H3;1H. The van der Waals surface area contributed by atoms with Gasteiger partial charge in [0.05, 0.1) is 0 Å². The van der Waals surface area contributed by atoms with Gasteiger partial charge in [-0.3, -0.25) is 4.79 Å². The maximum absolute atomic E-state index is 12.0. The Hall–Kier alpha value is -1.06. The van der Waals surface area contributed by atoms with Crippen LogP contribution in [0.15, 0.2) is 24.3 Å². The van der Waals surface area contributed by atoms with Crippen molar-refractivity contribution in [1.82, 2.24) is 10.2 Å². The van der Waals surface area contributed by atoms with Crippen LogP contribution < -0.4 is 5.32 Å². The normalized spacial score (nSPS) is 14.8. The first kappa shape index (κ1) is 17.0. The molecule has 3 nitrogen and oxygen atoms in total. The van der Waals surface area contributed by atoms with Crippen molar-refractivity contribution in [1.29, 1.82) is 0 Å². The van der Waals surface area contributed by atoms with Gasteiger partial charge in [0.2, 0.25) is 5.91 Å².